The van der Waals surface area contributed by atoms with Crippen LogP contribution in [0.1, 0.15) is 45.1 Å². The summed E-state index contributed by atoms with van der Waals surface area (Å²) in [5, 5.41) is 0. The van der Waals surface area contributed by atoms with Gasteiger partial charge in [0, 0.05) is 0 Å². The quantitative estimate of drug-likeness (QED) is 0.322. The van der Waals surface area contributed by atoms with Gasteiger partial charge in [0.2, 0.25) is 5.60 Å². The van der Waals surface area contributed by atoms with Crippen LogP contribution in [0, 0.1) is 0 Å². The fraction of sp³-hybridized carbons (Fsp3) is 0.300. The molecular formula is C30H32O4. The van der Waals surface area contributed by atoms with E-state index in [9.17, 15) is 4.79 Å². The molecule has 0 atom stereocenters. The van der Waals surface area contributed by atoms with Gasteiger partial charge in [-0.15, -0.1) is 0 Å². The van der Waals surface area contributed by atoms with Gasteiger partial charge in [-0.2, -0.15) is 0 Å². The van der Waals surface area contributed by atoms with Crippen LogP contribution in [0.5, 0.6) is 11.5 Å². The van der Waals surface area contributed by atoms with E-state index in [1.807, 2.05) is 37.3 Å². The van der Waals surface area contributed by atoms with E-state index in [0.717, 1.165) is 24.2 Å². The van der Waals surface area contributed by atoms with Gasteiger partial charge in [-0.3, -0.25) is 0 Å². The van der Waals surface area contributed by atoms with Crippen molar-refractivity contribution in [1.82, 2.24) is 0 Å². The van der Waals surface area contributed by atoms with E-state index in [2.05, 4.69) is 61.5 Å². The lowest BCUT2D eigenvalue weighted by molar-refractivity contribution is -0.161. The number of allylic oxidation sites excluding steroid dienone is 1. The first kappa shape index (κ1) is 23.6. The lowest BCUT2D eigenvalue weighted by atomic mass is 10.0. The number of ether oxygens (including phenoxy) is 3. The van der Waals surface area contributed by atoms with Gasteiger partial charge in [-0.25, -0.2) is 4.79 Å². The summed E-state index contributed by atoms with van der Waals surface area (Å²) in [6, 6.07) is 26.4. The Labute approximate surface area is 202 Å². The minimum Gasteiger partial charge on any atom is -0.490 e. The van der Waals surface area contributed by atoms with Crippen LogP contribution in [0.25, 0.3) is 16.7 Å². The van der Waals surface area contributed by atoms with Crippen LogP contribution >= 0.6 is 0 Å². The van der Waals surface area contributed by atoms with Crippen LogP contribution in [-0.2, 0) is 9.53 Å². The lowest BCUT2D eigenvalue weighted by Crippen LogP contribution is -2.43. The van der Waals surface area contributed by atoms with E-state index in [1.54, 1.807) is 0 Å². The van der Waals surface area contributed by atoms with E-state index in [0.29, 0.717) is 31.8 Å². The SMILES string of the molecule is CCOC(=O)C1(Oc2ccc(OCC=C(C)c3ccc(-c4ccccc4)cc3)cc2)CCCC1. The van der Waals surface area contributed by atoms with E-state index < -0.39 is 5.60 Å². The molecule has 1 aliphatic carbocycles. The van der Waals surface area contributed by atoms with E-state index in [1.165, 1.54) is 16.7 Å². The summed E-state index contributed by atoms with van der Waals surface area (Å²) in [7, 11) is 0. The molecule has 4 nitrogen and oxygen atoms in total. The van der Waals surface area contributed by atoms with Gasteiger partial charge in [-0.05, 0) is 92.1 Å². The van der Waals surface area contributed by atoms with E-state index in [4.69, 9.17) is 14.2 Å². The fourth-order valence-electron chi connectivity index (χ4n) is 4.32. The maximum absolute atomic E-state index is 12.5. The predicted molar refractivity (Wildman–Crippen MR) is 136 cm³/mol. The molecule has 0 N–H and O–H groups in total. The van der Waals surface area contributed by atoms with Crippen LogP contribution < -0.4 is 9.47 Å². The van der Waals surface area contributed by atoms with Crippen LogP contribution in [0.4, 0.5) is 0 Å². The molecule has 3 aromatic carbocycles. The van der Waals surface area contributed by atoms with Crippen molar-refractivity contribution >= 4 is 11.5 Å². The standard InChI is InChI=1S/C30H32O4/c1-3-32-29(31)30(20-7-8-21-30)34-28-17-15-27(16-18-28)33-22-19-23(2)24-11-13-26(14-12-24)25-9-5-4-6-10-25/h4-6,9-19H,3,7-8,20-22H2,1-2H3. The molecule has 0 heterocycles. The first-order valence-corrected chi connectivity index (χ1v) is 12.0. The number of esters is 1. The summed E-state index contributed by atoms with van der Waals surface area (Å²) in [5.74, 6) is 1.16. The maximum Gasteiger partial charge on any atom is 0.350 e. The zero-order valence-corrected chi connectivity index (χ0v) is 20.0. The molecule has 1 saturated carbocycles. The number of benzene rings is 3. The number of carbonyl (C=O) groups excluding carboxylic acids is 1. The third-order valence-electron chi connectivity index (χ3n) is 6.28. The molecular weight excluding hydrogens is 424 g/mol. The molecule has 0 bridgehead atoms. The largest absolute Gasteiger partial charge is 0.490 e. The minimum absolute atomic E-state index is 0.259. The summed E-state index contributed by atoms with van der Waals surface area (Å²) in [4.78, 5) is 12.5. The first-order chi connectivity index (χ1) is 16.6. The number of rotatable bonds is 9. The average Bonchev–Trinajstić information content (AvgIpc) is 3.36. The second-order valence-electron chi connectivity index (χ2n) is 8.64. The highest BCUT2D eigenvalue weighted by Gasteiger charge is 2.45. The summed E-state index contributed by atoms with van der Waals surface area (Å²) >= 11 is 0. The molecule has 1 aliphatic rings. The average molecular weight is 457 g/mol. The van der Waals surface area contributed by atoms with Crippen molar-refractivity contribution < 1.29 is 19.0 Å². The Kier molecular flexibility index (Phi) is 7.69. The molecule has 0 unspecified atom stereocenters. The monoisotopic (exact) mass is 456 g/mol. The zero-order chi connectivity index (χ0) is 23.8. The molecule has 1 fully saturated rings. The Hall–Kier alpha value is -3.53. The Bertz CT molecular complexity index is 1090. The summed E-state index contributed by atoms with van der Waals surface area (Å²) < 4.78 is 17.3. The van der Waals surface area contributed by atoms with E-state index in [-0.39, 0.29) is 5.97 Å². The highest BCUT2D eigenvalue weighted by Crippen LogP contribution is 2.36. The van der Waals surface area contributed by atoms with Gasteiger partial charge in [-0.1, -0.05) is 54.6 Å². The van der Waals surface area contributed by atoms with Gasteiger partial charge >= 0.3 is 5.97 Å². The maximum atomic E-state index is 12.5. The van der Waals surface area contributed by atoms with Crippen LogP contribution in [0.2, 0.25) is 0 Å². The molecule has 176 valence electrons. The van der Waals surface area contributed by atoms with Crippen molar-refractivity contribution in [3.63, 3.8) is 0 Å². The Morgan fingerprint density at radius 1 is 0.853 bits per heavy atom. The zero-order valence-electron chi connectivity index (χ0n) is 20.0. The molecule has 0 spiro atoms. The van der Waals surface area contributed by atoms with Gasteiger partial charge in [0.15, 0.2) is 0 Å². The van der Waals surface area contributed by atoms with Crippen LogP contribution in [0.3, 0.4) is 0 Å². The topological polar surface area (TPSA) is 44.8 Å². The second-order valence-corrected chi connectivity index (χ2v) is 8.64. The van der Waals surface area contributed by atoms with Gasteiger partial charge in [0.1, 0.15) is 18.1 Å². The van der Waals surface area contributed by atoms with Crippen molar-refractivity contribution in [3.05, 3.63) is 90.5 Å². The lowest BCUT2D eigenvalue weighted by Gasteiger charge is -2.27. The van der Waals surface area contributed by atoms with Crippen molar-refractivity contribution in [2.24, 2.45) is 0 Å². The number of hydrogen-bond donors (Lipinski definition) is 0. The highest BCUT2D eigenvalue weighted by atomic mass is 16.6. The fourth-order valence-corrected chi connectivity index (χ4v) is 4.32. The molecule has 0 saturated heterocycles. The van der Waals surface area contributed by atoms with Crippen molar-refractivity contribution in [2.75, 3.05) is 13.2 Å². The summed E-state index contributed by atoms with van der Waals surface area (Å²) in [5.41, 5.74) is 3.91. The first-order valence-electron chi connectivity index (χ1n) is 12.0. The summed E-state index contributed by atoms with van der Waals surface area (Å²) in [6.07, 6.45) is 5.42. The second kappa shape index (κ2) is 11.1. The molecule has 4 rings (SSSR count). The smallest absolute Gasteiger partial charge is 0.350 e. The predicted octanol–water partition coefficient (Wildman–Crippen LogP) is 7.09. The van der Waals surface area contributed by atoms with Crippen LogP contribution in [0.15, 0.2) is 84.9 Å². The normalized spacial score (nSPS) is 15.1. The molecule has 0 amide bonds. The van der Waals surface area contributed by atoms with Crippen molar-refractivity contribution in [3.8, 4) is 22.6 Å². The minimum atomic E-state index is -0.853. The number of carbonyl (C=O) groups is 1. The molecule has 4 heteroatoms. The Morgan fingerprint density at radius 3 is 2.12 bits per heavy atom. The number of hydrogen-bond acceptors (Lipinski definition) is 4. The molecule has 0 aliphatic heterocycles. The van der Waals surface area contributed by atoms with Crippen LogP contribution in [-0.4, -0.2) is 24.8 Å². The molecule has 34 heavy (non-hydrogen) atoms. The third kappa shape index (κ3) is 5.69. The molecule has 0 aromatic heterocycles. The van der Waals surface area contributed by atoms with Crippen molar-refractivity contribution in [2.45, 2.75) is 45.1 Å². The highest BCUT2D eigenvalue weighted by molar-refractivity contribution is 5.80. The molecule has 3 aromatic rings. The molecule has 0 radical (unpaired) electrons. The summed E-state index contributed by atoms with van der Waals surface area (Å²) in [6.45, 7) is 4.75. The van der Waals surface area contributed by atoms with Gasteiger partial charge in [0.25, 0.3) is 0 Å². The Balaban J connectivity index is 1.33. The van der Waals surface area contributed by atoms with Crippen molar-refractivity contribution in [1.29, 1.82) is 0 Å². The van der Waals surface area contributed by atoms with Gasteiger partial charge in [0.05, 0.1) is 6.61 Å². The third-order valence-corrected chi connectivity index (χ3v) is 6.28. The van der Waals surface area contributed by atoms with E-state index >= 15 is 0 Å². The van der Waals surface area contributed by atoms with Gasteiger partial charge < -0.3 is 14.2 Å². The Morgan fingerprint density at radius 2 is 1.47 bits per heavy atom.